The highest BCUT2D eigenvalue weighted by atomic mass is 32.2. The Balaban J connectivity index is 1.69. The van der Waals surface area contributed by atoms with Crippen molar-refractivity contribution in [1.82, 2.24) is 0 Å². The van der Waals surface area contributed by atoms with Gasteiger partial charge in [0, 0.05) is 25.2 Å². The average molecular weight is 413 g/mol. The monoisotopic (exact) mass is 413 g/mol. The van der Waals surface area contributed by atoms with E-state index in [1.807, 2.05) is 31.2 Å². The Hall–Kier alpha value is -3.00. The summed E-state index contributed by atoms with van der Waals surface area (Å²) < 4.78 is 10.6. The molecule has 1 heterocycles. The lowest BCUT2D eigenvalue weighted by molar-refractivity contribution is -0.121. The van der Waals surface area contributed by atoms with Gasteiger partial charge in [-0.15, -0.1) is 0 Å². The molecule has 1 aliphatic heterocycles. The molecule has 0 saturated carbocycles. The fourth-order valence-corrected chi connectivity index (χ4v) is 3.91. The Morgan fingerprint density at radius 3 is 2.62 bits per heavy atom. The minimum Gasteiger partial charge on any atom is -0.497 e. The van der Waals surface area contributed by atoms with Crippen LogP contribution < -0.4 is 19.7 Å². The molecule has 0 unspecified atom stereocenters. The molecule has 0 aromatic heterocycles. The highest BCUT2D eigenvalue weighted by Crippen LogP contribution is 2.31. The minimum absolute atomic E-state index is 0.121. The van der Waals surface area contributed by atoms with Gasteiger partial charge in [0.25, 0.3) is 0 Å². The molecule has 1 aliphatic rings. The van der Waals surface area contributed by atoms with E-state index in [0.717, 1.165) is 5.69 Å². The van der Waals surface area contributed by atoms with E-state index in [-0.39, 0.29) is 18.2 Å². The van der Waals surface area contributed by atoms with Crippen molar-refractivity contribution in [2.75, 3.05) is 31.0 Å². The molecule has 1 saturated heterocycles. The lowest BCUT2D eigenvalue weighted by Crippen LogP contribution is -2.31. The Bertz CT molecular complexity index is 914. The van der Waals surface area contributed by atoms with E-state index in [1.54, 1.807) is 38.4 Å². The maximum atomic E-state index is 12.9. The van der Waals surface area contributed by atoms with Gasteiger partial charge in [0.1, 0.15) is 16.7 Å². The lowest BCUT2D eigenvalue weighted by atomic mass is 10.3. The van der Waals surface area contributed by atoms with E-state index in [2.05, 4.69) is 10.3 Å². The molecule has 2 amide bonds. The fraction of sp³-hybridized carbons (Fsp3) is 0.286. The number of imide groups is 1. The summed E-state index contributed by atoms with van der Waals surface area (Å²) in [5.74, 6) is 0.930. The van der Waals surface area contributed by atoms with Crippen LogP contribution in [-0.4, -0.2) is 43.0 Å². The van der Waals surface area contributed by atoms with Crippen LogP contribution in [0.4, 0.5) is 11.4 Å². The van der Waals surface area contributed by atoms with Gasteiger partial charge in [0.2, 0.25) is 11.8 Å². The second-order valence-electron chi connectivity index (χ2n) is 6.19. The molecule has 0 spiro atoms. The Labute approximate surface area is 174 Å². The summed E-state index contributed by atoms with van der Waals surface area (Å²) in [4.78, 5) is 30.8. The van der Waals surface area contributed by atoms with Crippen molar-refractivity contribution in [1.29, 1.82) is 0 Å². The summed E-state index contributed by atoms with van der Waals surface area (Å²) in [6.07, 6.45) is 0.121. The number of ether oxygens (including phenoxy) is 2. The Morgan fingerprint density at radius 1 is 1.21 bits per heavy atom. The molecule has 1 atom stereocenters. The van der Waals surface area contributed by atoms with E-state index >= 15 is 0 Å². The molecule has 1 fully saturated rings. The fourth-order valence-electron chi connectivity index (χ4n) is 2.92. The number of amidine groups is 1. The topological polar surface area (TPSA) is 80.2 Å². The number of carbonyl (C=O) groups is 2. The van der Waals surface area contributed by atoms with Crippen LogP contribution >= 0.6 is 11.8 Å². The summed E-state index contributed by atoms with van der Waals surface area (Å²) in [6.45, 7) is 2.45. The number of hydrogen-bond acceptors (Lipinski definition) is 6. The van der Waals surface area contributed by atoms with Crippen molar-refractivity contribution in [3.63, 3.8) is 0 Å². The number of nitrogens with one attached hydrogen (secondary N) is 1. The van der Waals surface area contributed by atoms with Gasteiger partial charge in [-0.3, -0.25) is 14.6 Å². The predicted octanol–water partition coefficient (Wildman–Crippen LogP) is 3.56. The van der Waals surface area contributed by atoms with Crippen LogP contribution in [0.1, 0.15) is 13.3 Å². The summed E-state index contributed by atoms with van der Waals surface area (Å²) in [7, 11) is 3.24. The maximum Gasteiger partial charge on any atom is 0.247 e. The second kappa shape index (κ2) is 9.47. The molecule has 0 bridgehead atoms. The third kappa shape index (κ3) is 4.89. The Morgan fingerprint density at radius 2 is 1.97 bits per heavy atom. The lowest BCUT2D eigenvalue weighted by Gasteiger charge is -2.16. The van der Waals surface area contributed by atoms with Crippen molar-refractivity contribution in [2.24, 2.45) is 4.99 Å². The van der Waals surface area contributed by atoms with Gasteiger partial charge < -0.3 is 14.8 Å². The maximum absolute atomic E-state index is 12.9. The number of hydrogen-bond donors (Lipinski definition) is 1. The summed E-state index contributed by atoms with van der Waals surface area (Å²) in [5.41, 5.74) is 1.33. The third-order valence-corrected chi connectivity index (χ3v) is 5.45. The van der Waals surface area contributed by atoms with Gasteiger partial charge in [-0.2, -0.15) is 0 Å². The normalized spacial score (nSPS) is 16.9. The van der Waals surface area contributed by atoms with Gasteiger partial charge in [0.15, 0.2) is 5.17 Å². The minimum atomic E-state index is -0.536. The van der Waals surface area contributed by atoms with Crippen molar-refractivity contribution in [3.05, 3.63) is 48.5 Å². The molecule has 2 aromatic carbocycles. The number of amides is 2. The molecule has 1 N–H and O–H groups in total. The first-order chi connectivity index (χ1) is 14.0. The SMILES string of the molecule is CCOc1ccc(N2C(=O)C[C@H](SC(=NC)Nc3cccc(OC)c3)C2=O)cc1. The van der Waals surface area contributed by atoms with Crippen molar-refractivity contribution in [3.8, 4) is 11.5 Å². The average Bonchev–Trinajstić information content (AvgIpc) is 3.01. The van der Waals surface area contributed by atoms with Crippen LogP contribution in [0.2, 0.25) is 0 Å². The second-order valence-corrected chi connectivity index (χ2v) is 7.38. The van der Waals surface area contributed by atoms with Gasteiger partial charge in [-0.25, -0.2) is 4.90 Å². The smallest absolute Gasteiger partial charge is 0.247 e. The van der Waals surface area contributed by atoms with Crippen molar-refractivity contribution < 1.29 is 19.1 Å². The number of carbonyl (C=O) groups excluding carboxylic acids is 2. The quantitative estimate of drug-likeness (QED) is 0.443. The van der Waals surface area contributed by atoms with E-state index in [0.29, 0.717) is 29.0 Å². The molecular formula is C21H23N3O4S. The summed E-state index contributed by atoms with van der Waals surface area (Å²) >= 11 is 1.24. The summed E-state index contributed by atoms with van der Waals surface area (Å²) in [5, 5.41) is 3.19. The molecule has 2 aromatic rings. The zero-order chi connectivity index (χ0) is 20.8. The zero-order valence-corrected chi connectivity index (χ0v) is 17.4. The van der Waals surface area contributed by atoms with Crippen molar-refractivity contribution in [2.45, 2.75) is 18.6 Å². The number of methoxy groups -OCH3 is 1. The van der Waals surface area contributed by atoms with Gasteiger partial charge in [0.05, 0.1) is 19.4 Å². The highest BCUT2D eigenvalue weighted by Gasteiger charge is 2.40. The molecule has 29 heavy (non-hydrogen) atoms. The molecule has 7 nitrogen and oxygen atoms in total. The van der Waals surface area contributed by atoms with Gasteiger partial charge >= 0.3 is 0 Å². The number of anilines is 2. The molecule has 152 valence electrons. The number of aliphatic imine (C=N–C) groups is 1. The standard InChI is InChI=1S/C21H23N3O4S/c1-4-28-16-10-8-15(9-11-16)24-19(25)13-18(20(24)26)29-21(22-2)23-14-6-5-7-17(12-14)27-3/h5-12,18H,4,13H2,1-3H3,(H,22,23)/t18-/m0/s1. The van der Waals surface area contributed by atoms with Crippen LogP contribution in [0.15, 0.2) is 53.5 Å². The third-order valence-electron chi connectivity index (χ3n) is 4.29. The van der Waals surface area contributed by atoms with E-state index < -0.39 is 5.25 Å². The van der Waals surface area contributed by atoms with Gasteiger partial charge in [-0.1, -0.05) is 17.8 Å². The molecule has 8 heteroatoms. The first kappa shape index (κ1) is 20.7. The molecule has 0 radical (unpaired) electrons. The highest BCUT2D eigenvalue weighted by molar-refractivity contribution is 8.15. The molecule has 0 aliphatic carbocycles. The Kier molecular flexibility index (Phi) is 6.77. The first-order valence-electron chi connectivity index (χ1n) is 9.20. The van der Waals surface area contributed by atoms with E-state index in [9.17, 15) is 9.59 Å². The number of nitrogens with zero attached hydrogens (tertiary/aromatic N) is 2. The summed E-state index contributed by atoms with van der Waals surface area (Å²) in [6, 6.07) is 14.4. The zero-order valence-electron chi connectivity index (χ0n) is 16.5. The number of thioether (sulfide) groups is 1. The van der Waals surface area contributed by atoms with Crippen LogP contribution in [0.25, 0.3) is 0 Å². The van der Waals surface area contributed by atoms with Crippen LogP contribution in [0, 0.1) is 0 Å². The number of benzene rings is 2. The van der Waals surface area contributed by atoms with E-state index in [4.69, 9.17) is 9.47 Å². The van der Waals surface area contributed by atoms with E-state index in [1.165, 1.54) is 16.7 Å². The van der Waals surface area contributed by atoms with Crippen LogP contribution in [0.3, 0.4) is 0 Å². The van der Waals surface area contributed by atoms with Crippen molar-refractivity contribution >= 4 is 40.1 Å². The van der Waals surface area contributed by atoms with Crippen LogP contribution in [-0.2, 0) is 9.59 Å². The van der Waals surface area contributed by atoms with Crippen LogP contribution in [0.5, 0.6) is 11.5 Å². The number of rotatable bonds is 6. The molecule has 3 rings (SSSR count). The predicted molar refractivity (Wildman–Crippen MR) is 116 cm³/mol. The van der Waals surface area contributed by atoms with Gasteiger partial charge in [-0.05, 0) is 43.3 Å². The largest absolute Gasteiger partial charge is 0.497 e. The first-order valence-corrected chi connectivity index (χ1v) is 10.1. The molecular weight excluding hydrogens is 390 g/mol.